The molecule has 1 atom stereocenters. The summed E-state index contributed by atoms with van der Waals surface area (Å²) in [5.74, 6) is -1.12. The van der Waals surface area contributed by atoms with E-state index in [2.05, 4.69) is 14.9 Å². The van der Waals surface area contributed by atoms with E-state index < -0.39 is 17.5 Å². The first-order chi connectivity index (χ1) is 8.96. The van der Waals surface area contributed by atoms with Crippen LogP contribution in [-0.4, -0.2) is 53.0 Å². The van der Waals surface area contributed by atoms with Crippen molar-refractivity contribution in [3.8, 4) is 0 Å². The Bertz CT molecular complexity index is 504. The lowest BCUT2D eigenvalue weighted by Crippen LogP contribution is -2.50. The fraction of sp³-hybridized carbons (Fsp3) is 0.455. The first-order valence-electron chi connectivity index (χ1n) is 5.65. The lowest BCUT2D eigenvalue weighted by atomic mass is 10.0. The van der Waals surface area contributed by atoms with Crippen LogP contribution in [0.5, 0.6) is 0 Å². The van der Waals surface area contributed by atoms with E-state index in [1.807, 2.05) is 0 Å². The second-order valence-electron chi connectivity index (χ2n) is 4.40. The largest absolute Gasteiger partial charge is 0.480 e. The van der Waals surface area contributed by atoms with Gasteiger partial charge in [-0.25, -0.2) is 4.79 Å². The summed E-state index contributed by atoms with van der Waals surface area (Å²) in [6.45, 7) is 0.642. The number of hydrogen-bond acceptors (Lipinski definition) is 7. The molecule has 0 amide bonds. The number of anilines is 1. The molecule has 1 fully saturated rings. The minimum atomic E-state index is -1.26. The standard InChI is InChI=1S/C11H14N4O4/c1-19-9(16)7-2-3-8(14-13-7)15-5-4-11(12,6-15)10(17)18/h2-3H,4-6,12H2,1H3,(H,17,18). The molecule has 1 aliphatic rings. The number of esters is 1. The summed E-state index contributed by atoms with van der Waals surface area (Å²) < 4.78 is 4.51. The number of nitrogens with two attached hydrogens (primary N) is 1. The summed E-state index contributed by atoms with van der Waals surface area (Å²) in [7, 11) is 1.26. The average Bonchev–Trinajstić information content (AvgIpc) is 2.82. The van der Waals surface area contributed by atoms with Crippen LogP contribution < -0.4 is 10.6 Å². The Morgan fingerprint density at radius 1 is 1.47 bits per heavy atom. The van der Waals surface area contributed by atoms with Gasteiger partial charge in [-0.15, -0.1) is 10.2 Å². The second kappa shape index (κ2) is 4.81. The Kier molecular flexibility index (Phi) is 3.34. The summed E-state index contributed by atoms with van der Waals surface area (Å²) in [5, 5.41) is 16.7. The maximum atomic E-state index is 11.2. The topological polar surface area (TPSA) is 119 Å². The first-order valence-corrected chi connectivity index (χ1v) is 5.65. The Labute approximate surface area is 109 Å². The summed E-state index contributed by atoms with van der Waals surface area (Å²) in [6.07, 6.45) is 0.336. The molecule has 0 radical (unpaired) electrons. The molecule has 0 bridgehead atoms. The summed E-state index contributed by atoms with van der Waals surface area (Å²) in [5.41, 5.74) is 4.60. The molecule has 1 aliphatic heterocycles. The number of aliphatic carboxylic acids is 1. The molecule has 8 heteroatoms. The monoisotopic (exact) mass is 266 g/mol. The normalized spacial score (nSPS) is 22.3. The fourth-order valence-electron chi connectivity index (χ4n) is 1.91. The van der Waals surface area contributed by atoms with Gasteiger partial charge in [0.15, 0.2) is 11.5 Å². The molecule has 1 unspecified atom stereocenters. The zero-order valence-electron chi connectivity index (χ0n) is 10.4. The lowest BCUT2D eigenvalue weighted by Gasteiger charge is -2.20. The van der Waals surface area contributed by atoms with E-state index in [0.717, 1.165) is 0 Å². The zero-order valence-corrected chi connectivity index (χ0v) is 10.4. The van der Waals surface area contributed by atoms with Gasteiger partial charge in [0.05, 0.1) is 7.11 Å². The third kappa shape index (κ3) is 2.48. The van der Waals surface area contributed by atoms with E-state index in [0.29, 0.717) is 18.8 Å². The quantitative estimate of drug-likeness (QED) is 0.686. The zero-order chi connectivity index (χ0) is 14.0. The van der Waals surface area contributed by atoms with Crippen LogP contribution in [0.2, 0.25) is 0 Å². The Hall–Kier alpha value is -2.22. The number of rotatable bonds is 3. The number of carboxylic acid groups (broad SMARTS) is 1. The van der Waals surface area contributed by atoms with E-state index in [9.17, 15) is 9.59 Å². The molecule has 0 aromatic carbocycles. The van der Waals surface area contributed by atoms with Crippen LogP contribution in [0.1, 0.15) is 16.9 Å². The van der Waals surface area contributed by atoms with Crippen LogP contribution in [-0.2, 0) is 9.53 Å². The molecule has 3 N–H and O–H groups in total. The van der Waals surface area contributed by atoms with E-state index in [-0.39, 0.29) is 12.2 Å². The third-order valence-electron chi connectivity index (χ3n) is 3.10. The van der Waals surface area contributed by atoms with Gasteiger partial charge in [0.2, 0.25) is 0 Å². The van der Waals surface area contributed by atoms with Gasteiger partial charge in [0.1, 0.15) is 5.54 Å². The second-order valence-corrected chi connectivity index (χ2v) is 4.40. The number of aromatic nitrogens is 2. The number of carboxylic acids is 1. The van der Waals surface area contributed by atoms with Crippen LogP contribution in [0.4, 0.5) is 5.82 Å². The van der Waals surface area contributed by atoms with Gasteiger partial charge in [0.25, 0.3) is 0 Å². The van der Waals surface area contributed by atoms with Crippen LogP contribution >= 0.6 is 0 Å². The number of methoxy groups -OCH3 is 1. The van der Waals surface area contributed by atoms with Gasteiger partial charge in [0, 0.05) is 13.1 Å². The highest BCUT2D eigenvalue weighted by molar-refractivity contribution is 5.87. The van der Waals surface area contributed by atoms with Crippen molar-refractivity contribution in [2.75, 3.05) is 25.1 Å². The van der Waals surface area contributed by atoms with E-state index in [4.69, 9.17) is 10.8 Å². The SMILES string of the molecule is COC(=O)c1ccc(N2CCC(N)(C(=O)O)C2)nn1. The number of carbonyl (C=O) groups excluding carboxylic acids is 1. The number of hydrogen-bond donors (Lipinski definition) is 2. The summed E-state index contributed by atoms with van der Waals surface area (Å²) in [4.78, 5) is 24.0. The van der Waals surface area contributed by atoms with Crippen molar-refractivity contribution in [3.63, 3.8) is 0 Å². The van der Waals surface area contributed by atoms with Crippen molar-refractivity contribution < 1.29 is 19.4 Å². The molecule has 2 rings (SSSR count). The van der Waals surface area contributed by atoms with Crippen LogP contribution in [0.25, 0.3) is 0 Å². The molecule has 0 saturated carbocycles. The van der Waals surface area contributed by atoms with Crippen LogP contribution in [0.15, 0.2) is 12.1 Å². The van der Waals surface area contributed by atoms with Gasteiger partial charge >= 0.3 is 11.9 Å². The van der Waals surface area contributed by atoms with Crippen LogP contribution in [0, 0.1) is 0 Å². The molecule has 1 aromatic heterocycles. The number of carbonyl (C=O) groups is 2. The smallest absolute Gasteiger partial charge is 0.358 e. The number of nitrogens with zero attached hydrogens (tertiary/aromatic N) is 3. The fourth-order valence-corrected chi connectivity index (χ4v) is 1.91. The molecule has 2 heterocycles. The predicted octanol–water partition coefficient (Wildman–Crippen LogP) is -0.745. The van der Waals surface area contributed by atoms with Gasteiger partial charge in [-0.1, -0.05) is 0 Å². The summed E-state index contributed by atoms with van der Waals surface area (Å²) >= 11 is 0. The highest BCUT2D eigenvalue weighted by Gasteiger charge is 2.41. The molecule has 19 heavy (non-hydrogen) atoms. The van der Waals surface area contributed by atoms with Gasteiger partial charge in [-0.05, 0) is 18.6 Å². The predicted molar refractivity (Wildman–Crippen MR) is 64.8 cm³/mol. The summed E-state index contributed by atoms with van der Waals surface area (Å²) in [6, 6.07) is 3.07. The Balaban J connectivity index is 2.12. The maximum absolute atomic E-state index is 11.2. The average molecular weight is 266 g/mol. The molecule has 1 saturated heterocycles. The third-order valence-corrected chi connectivity index (χ3v) is 3.10. The van der Waals surface area contributed by atoms with Gasteiger partial charge in [-0.3, -0.25) is 4.79 Å². The van der Waals surface area contributed by atoms with E-state index in [1.54, 1.807) is 11.0 Å². The van der Waals surface area contributed by atoms with E-state index in [1.165, 1.54) is 13.2 Å². The first kappa shape index (κ1) is 13.2. The molecule has 0 aliphatic carbocycles. The van der Waals surface area contributed by atoms with Crippen molar-refractivity contribution in [1.29, 1.82) is 0 Å². The van der Waals surface area contributed by atoms with Gasteiger partial charge < -0.3 is 20.5 Å². The van der Waals surface area contributed by atoms with Crippen molar-refractivity contribution in [2.24, 2.45) is 5.73 Å². The Morgan fingerprint density at radius 3 is 2.68 bits per heavy atom. The molecular weight excluding hydrogens is 252 g/mol. The highest BCUT2D eigenvalue weighted by Crippen LogP contribution is 2.23. The molecule has 0 spiro atoms. The van der Waals surface area contributed by atoms with Crippen molar-refractivity contribution in [3.05, 3.63) is 17.8 Å². The highest BCUT2D eigenvalue weighted by atomic mass is 16.5. The maximum Gasteiger partial charge on any atom is 0.358 e. The minimum absolute atomic E-state index is 0.0997. The molecule has 8 nitrogen and oxygen atoms in total. The van der Waals surface area contributed by atoms with Crippen molar-refractivity contribution in [1.82, 2.24) is 10.2 Å². The number of ether oxygens (including phenoxy) is 1. The van der Waals surface area contributed by atoms with E-state index >= 15 is 0 Å². The molecular formula is C11H14N4O4. The van der Waals surface area contributed by atoms with Crippen LogP contribution in [0.3, 0.4) is 0 Å². The molecule has 102 valence electrons. The van der Waals surface area contributed by atoms with Crippen molar-refractivity contribution >= 4 is 17.8 Å². The Morgan fingerprint density at radius 2 is 2.21 bits per heavy atom. The lowest BCUT2D eigenvalue weighted by molar-refractivity contribution is -0.142. The minimum Gasteiger partial charge on any atom is -0.480 e. The van der Waals surface area contributed by atoms with Crippen molar-refractivity contribution in [2.45, 2.75) is 12.0 Å². The molecule has 1 aromatic rings. The van der Waals surface area contributed by atoms with Gasteiger partial charge in [-0.2, -0.15) is 0 Å².